The quantitative estimate of drug-likeness (QED) is 0.771. The van der Waals surface area contributed by atoms with Crippen LogP contribution in [0.25, 0.3) is 11.0 Å². The standard InChI is InChI=1S/C14H14N4O2S/c1-10(14-16-12-6-2-3-7-13(12)17-14)18-21(19,20)11-5-4-8-15-9-11/h2-10,18H,1H3,(H,16,17). The molecule has 0 aliphatic carbocycles. The number of H-pyrrole nitrogens is 1. The fraction of sp³-hybridized carbons (Fsp3) is 0.143. The topological polar surface area (TPSA) is 87.7 Å². The molecule has 0 saturated carbocycles. The van der Waals surface area contributed by atoms with Crippen LogP contribution in [0, 0.1) is 0 Å². The Hall–Kier alpha value is -2.25. The number of rotatable bonds is 4. The molecule has 0 fully saturated rings. The molecule has 0 spiro atoms. The van der Waals surface area contributed by atoms with Gasteiger partial charge in [-0.3, -0.25) is 4.98 Å². The van der Waals surface area contributed by atoms with Gasteiger partial charge in [-0.25, -0.2) is 18.1 Å². The first-order valence-electron chi connectivity index (χ1n) is 6.43. The Balaban J connectivity index is 1.87. The van der Waals surface area contributed by atoms with Gasteiger partial charge < -0.3 is 4.98 Å². The lowest BCUT2D eigenvalue weighted by molar-refractivity contribution is 0.561. The molecule has 0 radical (unpaired) electrons. The third-order valence-corrected chi connectivity index (χ3v) is 4.62. The SMILES string of the molecule is CC(NS(=O)(=O)c1cccnc1)c1nc2ccccc2[nH]1. The van der Waals surface area contributed by atoms with E-state index in [1.54, 1.807) is 13.0 Å². The Labute approximate surface area is 122 Å². The number of benzene rings is 1. The number of hydrogen-bond acceptors (Lipinski definition) is 4. The number of aromatic amines is 1. The number of fused-ring (bicyclic) bond motifs is 1. The Morgan fingerprint density at radius 2 is 2.00 bits per heavy atom. The molecule has 1 aromatic carbocycles. The summed E-state index contributed by atoms with van der Waals surface area (Å²) >= 11 is 0. The van der Waals surface area contributed by atoms with Gasteiger partial charge in [-0.2, -0.15) is 0 Å². The van der Waals surface area contributed by atoms with Crippen molar-refractivity contribution in [1.29, 1.82) is 0 Å². The van der Waals surface area contributed by atoms with Gasteiger partial charge in [0.2, 0.25) is 10.0 Å². The van der Waals surface area contributed by atoms with E-state index in [0.717, 1.165) is 11.0 Å². The second-order valence-electron chi connectivity index (χ2n) is 4.67. The van der Waals surface area contributed by atoms with Gasteiger partial charge in [0.1, 0.15) is 10.7 Å². The summed E-state index contributed by atoms with van der Waals surface area (Å²) in [7, 11) is -3.62. The fourth-order valence-corrected chi connectivity index (χ4v) is 3.21. The second kappa shape index (κ2) is 5.27. The van der Waals surface area contributed by atoms with Gasteiger partial charge in [-0.1, -0.05) is 12.1 Å². The minimum Gasteiger partial charge on any atom is -0.341 e. The van der Waals surface area contributed by atoms with Gasteiger partial charge in [0.15, 0.2) is 0 Å². The van der Waals surface area contributed by atoms with Crippen molar-refractivity contribution >= 4 is 21.1 Å². The predicted octanol–water partition coefficient (Wildman–Crippen LogP) is 2.00. The molecular formula is C14H14N4O2S. The van der Waals surface area contributed by atoms with E-state index in [1.165, 1.54) is 18.5 Å². The maximum absolute atomic E-state index is 12.2. The summed E-state index contributed by atoms with van der Waals surface area (Å²) in [6, 6.07) is 10.2. The molecule has 21 heavy (non-hydrogen) atoms. The molecule has 0 bridgehead atoms. The van der Waals surface area contributed by atoms with E-state index in [2.05, 4.69) is 19.7 Å². The van der Waals surface area contributed by atoms with Crippen molar-refractivity contribution in [3.63, 3.8) is 0 Å². The number of aromatic nitrogens is 3. The number of sulfonamides is 1. The van der Waals surface area contributed by atoms with Crippen molar-refractivity contribution in [1.82, 2.24) is 19.7 Å². The maximum atomic E-state index is 12.2. The molecule has 3 rings (SSSR count). The molecule has 1 unspecified atom stereocenters. The van der Waals surface area contributed by atoms with Gasteiger partial charge in [0.05, 0.1) is 17.1 Å². The van der Waals surface area contributed by atoms with E-state index in [0.29, 0.717) is 5.82 Å². The van der Waals surface area contributed by atoms with Crippen molar-refractivity contribution < 1.29 is 8.42 Å². The maximum Gasteiger partial charge on any atom is 0.242 e. The number of pyridine rings is 1. The first-order chi connectivity index (χ1) is 10.1. The molecule has 0 aliphatic rings. The summed E-state index contributed by atoms with van der Waals surface area (Å²) in [5.41, 5.74) is 1.68. The first-order valence-corrected chi connectivity index (χ1v) is 7.91. The monoisotopic (exact) mass is 302 g/mol. The van der Waals surface area contributed by atoms with E-state index >= 15 is 0 Å². The summed E-state index contributed by atoms with van der Waals surface area (Å²) in [5.74, 6) is 0.573. The number of imidazole rings is 1. The second-order valence-corrected chi connectivity index (χ2v) is 6.38. The van der Waals surface area contributed by atoms with Crippen LogP contribution < -0.4 is 4.72 Å². The van der Waals surface area contributed by atoms with E-state index in [1.807, 2.05) is 24.3 Å². The van der Waals surface area contributed by atoms with E-state index in [-0.39, 0.29) is 4.90 Å². The Bertz CT molecular complexity index is 826. The van der Waals surface area contributed by atoms with Gasteiger partial charge in [-0.15, -0.1) is 0 Å². The van der Waals surface area contributed by atoms with Crippen molar-refractivity contribution in [3.05, 3.63) is 54.6 Å². The van der Waals surface area contributed by atoms with Gasteiger partial charge in [-0.05, 0) is 31.2 Å². The zero-order valence-corrected chi connectivity index (χ0v) is 12.1. The Morgan fingerprint density at radius 1 is 1.19 bits per heavy atom. The van der Waals surface area contributed by atoms with Crippen LogP contribution in [0.4, 0.5) is 0 Å². The Morgan fingerprint density at radius 3 is 2.71 bits per heavy atom. The molecule has 3 aromatic rings. The van der Waals surface area contributed by atoms with Gasteiger partial charge in [0.25, 0.3) is 0 Å². The van der Waals surface area contributed by atoms with Crippen LogP contribution in [0.1, 0.15) is 18.8 Å². The molecule has 2 N–H and O–H groups in total. The number of para-hydroxylation sites is 2. The fourth-order valence-electron chi connectivity index (χ4n) is 2.04. The highest BCUT2D eigenvalue weighted by molar-refractivity contribution is 7.89. The van der Waals surface area contributed by atoms with Crippen LogP contribution in [0.15, 0.2) is 53.7 Å². The van der Waals surface area contributed by atoms with Crippen molar-refractivity contribution in [2.75, 3.05) is 0 Å². The lowest BCUT2D eigenvalue weighted by Crippen LogP contribution is -2.27. The molecule has 1 atom stereocenters. The summed E-state index contributed by atoms with van der Waals surface area (Å²) in [4.78, 5) is 11.5. The summed E-state index contributed by atoms with van der Waals surface area (Å²) < 4.78 is 27.1. The summed E-state index contributed by atoms with van der Waals surface area (Å²) in [6.07, 6.45) is 2.84. The highest BCUT2D eigenvalue weighted by atomic mass is 32.2. The predicted molar refractivity (Wildman–Crippen MR) is 79.1 cm³/mol. The lowest BCUT2D eigenvalue weighted by Gasteiger charge is -2.11. The average Bonchev–Trinajstić information content (AvgIpc) is 2.92. The van der Waals surface area contributed by atoms with E-state index in [9.17, 15) is 8.42 Å². The van der Waals surface area contributed by atoms with Crippen molar-refractivity contribution in [3.8, 4) is 0 Å². The molecule has 2 heterocycles. The van der Waals surface area contributed by atoms with E-state index in [4.69, 9.17) is 0 Å². The van der Waals surface area contributed by atoms with Crippen molar-refractivity contribution in [2.24, 2.45) is 0 Å². The summed E-state index contributed by atoms with van der Waals surface area (Å²) in [5, 5.41) is 0. The van der Waals surface area contributed by atoms with Crippen LogP contribution in [-0.2, 0) is 10.0 Å². The molecule has 0 aliphatic heterocycles. The molecule has 0 saturated heterocycles. The zero-order valence-electron chi connectivity index (χ0n) is 11.3. The minimum atomic E-state index is -3.62. The lowest BCUT2D eigenvalue weighted by atomic mass is 10.3. The smallest absolute Gasteiger partial charge is 0.242 e. The van der Waals surface area contributed by atoms with Crippen LogP contribution in [0.5, 0.6) is 0 Å². The first kappa shape index (κ1) is 13.7. The highest BCUT2D eigenvalue weighted by Gasteiger charge is 2.20. The number of nitrogens with zero attached hydrogens (tertiary/aromatic N) is 2. The molecule has 6 nitrogen and oxygen atoms in total. The highest BCUT2D eigenvalue weighted by Crippen LogP contribution is 2.17. The van der Waals surface area contributed by atoms with Crippen LogP contribution in [0.2, 0.25) is 0 Å². The van der Waals surface area contributed by atoms with Crippen LogP contribution in [-0.4, -0.2) is 23.4 Å². The van der Waals surface area contributed by atoms with Crippen LogP contribution in [0.3, 0.4) is 0 Å². The Kier molecular flexibility index (Phi) is 3.44. The third-order valence-electron chi connectivity index (χ3n) is 3.09. The van der Waals surface area contributed by atoms with E-state index < -0.39 is 16.1 Å². The molecule has 0 amide bonds. The van der Waals surface area contributed by atoms with Crippen molar-refractivity contribution in [2.45, 2.75) is 17.9 Å². The average molecular weight is 302 g/mol. The molecule has 108 valence electrons. The third kappa shape index (κ3) is 2.79. The number of nitrogens with one attached hydrogen (secondary N) is 2. The number of hydrogen-bond donors (Lipinski definition) is 2. The molecule has 7 heteroatoms. The minimum absolute atomic E-state index is 0.132. The van der Waals surface area contributed by atoms with Crippen LogP contribution >= 0.6 is 0 Å². The van der Waals surface area contributed by atoms with Gasteiger partial charge >= 0.3 is 0 Å². The normalized spacial score (nSPS) is 13.4. The molecular weight excluding hydrogens is 288 g/mol. The molecule has 2 aromatic heterocycles. The largest absolute Gasteiger partial charge is 0.341 e. The summed E-state index contributed by atoms with van der Waals surface area (Å²) in [6.45, 7) is 1.74. The zero-order chi connectivity index (χ0) is 14.9. The van der Waals surface area contributed by atoms with Gasteiger partial charge in [0, 0.05) is 12.4 Å².